The lowest BCUT2D eigenvalue weighted by Crippen LogP contribution is -2.44. The summed E-state index contributed by atoms with van der Waals surface area (Å²) in [7, 11) is -3.50. The highest BCUT2D eigenvalue weighted by Crippen LogP contribution is 2.17. The largest absolute Gasteiger partial charge is 0.361 e. The van der Waals surface area contributed by atoms with Crippen LogP contribution < -0.4 is 0 Å². The van der Waals surface area contributed by atoms with Crippen molar-refractivity contribution >= 4 is 10.0 Å². The minimum Gasteiger partial charge on any atom is -0.361 e. The molecule has 0 radical (unpaired) electrons. The molecule has 0 aliphatic carbocycles. The van der Waals surface area contributed by atoms with Gasteiger partial charge in [-0.3, -0.25) is 0 Å². The standard InChI is InChI=1S/C11H12N2O3S/c12-8-10-9-13(6-7-16-10)17(14,15)11-4-2-1-3-5-11/h1-5,10H,6-7,9H2. The van der Waals surface area contributed by atoms with Crippen molar-refractivity contribution < 1.29 is 13.2 Å². The molecular weight excluding hydrogens is 240 g/mol. The molecule has 0 amide bonds. The van der Waals surface area contributed by atoms with Gasteiger partial charge in [0.2, 0.25) is 10.0 Å². The molecule has 0 saturated carbocycles. The van der Waals surface area contributed by atoms with Crippen LogP contribution in [0.1, 0.15) is 0 Å². The third-order valence-electron chi connectivity index (χ3n) is 2.55. The Morgan fingerprint density at radius 2 is 2.06 bits per heavy atom. The van der Waals surface area contributed by atoms with Crippen LogP contribution in [0.4, 0.5) is 0 Å². The van der Waals surface area contributed by atoms with Crippen molar-refractivity contribution in [1.29, 1.82) is 5.26 Å². The van der Waals surface area contributed by atoms with Crippen LogP contribution in [0.25, 0.3) is 0 Å². The molecule has 1 atom stereocenters. The Balaban J connectivity index is 2.25. The third kappa shape index (κ3) is 2.47. The highest BCUT2D eigenvalue weighted by Gasteiger charge is 2.30. The van der Waals surface area contributed by atoms with E-state index >= 15 is 0 Å². The van der Waals surface area contributed by atoms with E-state index in [2.05, 4.69) is 0 Å². The number of nitrogens with zero attached hydrogens (tertiary/aromatic N) is 2. The maximum atomic E-state index is 12.2. The van der Waals surface area contributed by atoms with E-state index in [1.54, 1.807) is 30.3 Å². The predicted octanol–water partition coefficient (Wildman–Crippen LogP) is 0.600. The zero-order chi connectivity index (χ0) is 12.3. The summed E-state index contributed by atoms with van der Waals surface area (Å²) in [6.07, 6.45) is -0.678. The van der Waals surface area contributed by atoms with Crippen LogP contribution in [0, 0.1) is 11.3 Å². The Morgan fingerprint density at radius 1 is 1.35 bits per heavy atom. The monoisotopic (exact) mass is 252 g/mol. The molecular formula is C11H12N2O3S. The molecule has 90 valence electrons. The maximum absolute atomic E-state index is 12.2. The number of hydrogen-bond donors (Lipinski definition) is 0. The molecule has 1 aliphatic heterocycles. The Labute approximate surface area is 100 Å². The van der Waals surface area contributed by atoms with Crippen molar-refractivity contribution in [3.63, 3.8) is 0 Å². The molecule has 0 aromatic heterocycles. The van der Waals surface area contributed by atoms with Gasteiger partial charge in [0.25, 0.3) is 0 Å². The minimum atomic E-state index is -3.50. The SMILES string of the molecule is N#CC1CN(S(=O)(=O)c2ccccc2)CCO1. The third-order valence-corrected chi connectivity index (χ3v) is 4.43. The molecule has 1 heterocycles. The van der Waals surface area contributed by atoms with Crippen LogP contribution in [0.2, 0.25) is 0 Å². The van der Waals surface area contributed by atoms with Crippen molar-refractivity contribution in [2.24, 2.45) is 0 Å². The molecule has 1 aromatic rings. The predicted molar refractivity (Wildman–Crippen MR) is 60.6 cm³/mol. The van der Waals surface area contributed by atoms with Crippen molar-refractivity contribution in [1.82, 2.24) is 4.31 Å². The smallest absolute Gasteiger partial charge is 0.243 e. The zero-order valence-electron chi connectivity index (χ0n) is 9.11. The van der Waals surface area contributed by atoms with Gasteiger partial charge in [0.05, 0.1) is 24.1 Å². The molecule has 2 rings (SSSR count). The molecule has 17 heavy (non-hydrogen) atoms. The van der Waals surface area contributed by atoms with E-state index < -0.39 is 16.1 Å². The quantitative estimate of drug-likeness (QED) is 0.772. The van der Waals surface area contributed by atoms with Gasteiger partial charge >= 0.3 is 0 Å². The number of benzene rings is 1. The van der Waals surface area contributed by atoms with Crippen molar-refractivity contribution in [2.75, 3.05) is 19.7 Å². The van der Waals surface area contributed by atoms with Crippen molar-refractivity contribution in [3.8, 4) is 6.07 Å². The molecule has 1 unspecified atom stereocenters. The normalized spacial score (nSPS) is 21.9. The maximum Gasteiger partial charge on any atom is 0.243 e. The van der Waals surface area contributed by atoms with Gasteiger partial charge in [0, 0.05) is 6.54 Å². The number of rotatable bonds is 2. The lowest BCUT2D eigenvalue weighted by Gasteiger charge is -2.28. The van der Waals surface area contributed by atoms with Gasteiger partial charge in [-0.15, -0.1) is 0 Å². The first-order chi connectivity index (χ1) is 8.14. The number of nitriles is 1. The van der Waals surface area contributed by atoms with E-state index in [0.29, 0.717) is 0 Å². The fourth-order valence-corrected chi connectivity index (χ4v) is 3.11. The summed E-state index contributed by atoms with van der Waals surface area (Å²) in [5, 5.41) is 8.75. The topological polar surface area (TPSA) is 70.4 Å². The Hall–Kier alpha value is -1.42. The summed E-state index contributed by atoms with van der Waals surface area (Å²) >= 11 is 0. The minimum absolute atomic E-state index is 0.0910. The molecule has 1 aromatic carbocycles. The summed E-state index contributed by atoms with van der Waals surface area (Å²) in [6.45, 7) is 0.632. The molecule has 0 bridgehead atoms. The van der Waals surface area contributed by atoms with Crippen molar-refractivity contribution in [2.45, 2.75) is 11.0 Å². The lowest BCUT2D eigenvalue weighted by molar-refractivity contribution is 0.0311. The average molecular weight is 252 g/mol. The highest BCUT2D eigenvalue weighted by atomic mass is 32.2. The molecule has 6 heteroatoms. The summed E-state index contributed by atoms with van der Waals surface area (Å²) < 4.78 is 30.8. The fourth-order valence-electron chi connectivity index (χ4n) is 1.66. The molecule has 0 spiro atoms. The van der Waals surface area contributed by atoms with Gasteiger partial charge in [0.1, 0.15) is 0 Å². The second kappa shape index (κ2) is 4.84. The van der Waals surface area contributed by atoms with Crippen LogP contribution in [0.3, 0.4) is 0 Å². The van der Waals surface area contributed by atoms with E-state index in [9.17, 15) is 8.42 Å². The molecule has 1 fully saturated rings. The highest BCUT2D eigenvalue weighted by molar-refractivity contribution is 7.89. The Bertz CT molecular complexity index is 521. The van der Waals surface area contributed by atoms with E-state index in [1.165, 1.54) is 4.31 Å². The molecule has 1 saturated heterocycles. The summed E-state index contributed by atoms with van der Waals surface area (Å²) in [6, 6.07) is 10.1. The second-order valence-corrected chi connectivity index (χ2v) is 5.60. The first-order valence-electron chi connectivity index (χ1n) is 5.21. The van der Waals surface area contributed by atoms with Crippen LogP contribution in [-0.4, -0.2) is 38.5 Å². The van der Waals surface area contributed by atoms with Crippen LogP contribution in [0.15, 0.2) is 35.2 Å². The van der Waals surface area contributed by atoms with Gasteiger partial charge in [-0.25, -0.2) is 8.42 Å². The average Bonchev–Trinajstić information content (AvgIpc) is 2.40. The Morgan fingerprint density at radius 3 is 2.71 bits per heavy atom. The number of ether oxygens (including phenoxy) is 1. The van der Waals surface area contributed by atoms with E-state index in [-0.39, 0.29) is 24.6 Å². The first-order valence-corrected chi connectivity index (χ1v) is 6.65. The number of hydrogen-bond acceptors (Lipinski definition) is 4. The lowest BCUT2D eigenvalue weighted by atomic mass is 10.3. The zero-order valence-corrected chi connectivity index (χ0v) is 9.93. The van der Waals surface area contributed by atoms with Crippen LogP contribution in [0.5, 0.6) is 0 Å². The van der Waals surface area contributed by atoms with Gasteiger partial charge in [-0.1, -0.05) is 18.2 Å². The summed E-state index contributed by atoms with van der Waals surface area (Å²) in [5.41, 5.74) is 0. The second-order valence-electron chi connectivity index (χ2n) is 3.66. The fraction of sp³-hybridized carbons (Fsp3) is 0.364. The molecule has 1 aliphatic rings. The van der Waals surface area contributed by atoms with Crippen LogP contribution >= 0.6 is 0 Å². The van der Waals surface area contributed by atoms with Crippen molar-refractivity contribution in [3.05, 3.63) is 30.3 Å². The van der Waals surface area contributed by atoms with Gasteiger partial charge in [-0.2, -0.15) is 9.57 Å². The van der Waals surface area contributed by atoms with E-state index in [0.717, 1.165) is 0 Å². The van der Waals surface area contributed by atoms with Gasteiger partial charge < -0.3 is 4.74 Å². The first kappa shape index (κ1) is 12.0. The van der Waals surface area contributed by atoms with E-state index in [4.69, 9.17) is 10.00 Å². The molecule has 0 N–H and O–H groups in total. The summed E-state index contributed by atoms with van der Waals surface area (Å²) in [4.78, 5) is 0.249. The summed E-state index contributed by atoms with van der Waals surface area (Å²) in [5.74, 6) is 0. The van der Waals surface area contributed by atoms with Crippen LogP contribution in [-0.2, 0) is 14.8 Å². The molecule has 5 nitrogen and oxygen atoms in total. The Kier molecular flexibility index (Phi) is 3.43. The number of sulfonamides is 1. The van der Waals surface area contributed by atoms with E-state index in [1.807, 2.05) is 6.07 Å². The number of morpholine rings is 1. The van der Waals surface area contributed by atoms with Gasteiger partial charge in [-0.05, 0) is 12.1 Å². The van der Waals surface area contributed by atoms with Gasteiger partial charge in [0.15, 0.2) is 6.10 Å².